The van der Waals surface area contributed by atoms with Crippen LogP contribution in [0.1, 0.15) is 13.8 Å². The SMILES string of the molecule is CCOC(=O)CON1C(=O)N2C[C@@H]1C=C(C)[C@H]2C(=O)NCCNS(N)(=O)=O. The largest absolute Gasteiger partial charge is 0.464 e. The summed E-state index contributed by atoms with van der Waals surface area (Å²) < 4.78 is 28.4. The fourth-order valence-electron chi connectivity index (χ4n) is 2.90. The van der Waals surface area contributed by atoms with Crippen LogP contribution in [-0.2, 0) is 29.4 Å². The van der Waals surface area contributed by atoms with Crippen molar-refractivity contribution in [2.45, 2.75) is 25.9 Å². The molecule has 0 aromatic carbocycles. The number of carbonyl (C=O) groups excluding carboxylic acids is 3. The minimum Gasteiger partial charge on any atom is -0.464 e. The van der Waals surface area contributed by atoms with Crippen molar-refractivity contribution in [1.29, 1.82) is 0 Å². The van der Waals surface area contributed by atoms with E-state index in [4.69, 9.17) is 14.7 Å². The number of hydroxylamine groups is 2. The first-order valence-electron chi connectivity index (χ1n) is 8.25. The maximum absolute atomic E-state index is 12.5. The van der Waals surface area contributed by atoms with E-state index >= 15 is 0 Å². The summed E-state index contributed by atoms with van der Waals surface area (Å²) in [4.78, 5) is 43.0. The molecule has 2 bridgehead atoms. The second-order valence-electron chi connectivity index (χ2n) is 5.95. The summed E-state index contributed by atoms with van der Waals surface area (Å²) in [6, 6.07) is -1.81. The lowest BCUT2D eigenvalue weighted by Gasteiger charge is -2.29. The van der Waals surface area contributed by atoms with Crippen LogP contribution in [0.25, 0.3) is 0 Å². The van der Waals surface area contributed by atoms with Crippen LogP contribution in [-0.4, -0.2) is 81.2 Å². The molecule has 0 saturated carbocycles. The highest BCUT2D eigenvalue weighted by atomic mass is 32.2. The summed E-state index contributed by atoms with van der Waals surface area (Å²) in [6.45, 7) is 3.31. The third-order valence-corrected chi connectivity index (χ3v) is 4.53. The van der Waals surface area contributed by atoms with Crippen molar-refractivity contribution in [3.8, 4) is 0 Å². The van der Waals surface area contributed by atoms with E-state index in [2.05, 4.69) is 5.32 Å². The van der Waals surface area contributed by atoms with Gasteiger partial charge in [-0.2, -0.15) is 13.5 Å². The topological polar surface area (TPSA) is 160 Å². The molecule has 2 atom stereocenters. The first kappa shape index (κ1) is 21.1. The van der Waals surface area contributed by atoms with Crippen molar-refractivity contribution < 1.29 is 32.4 Å². The molecule has 0 radical (unpaired) electrons. The predicted octanol–water partition coefficient (Wildman–Crippen LogP) is -2.17. The fourth-order valence-corrected chi connectivity index (χ4v) is 3.29. The summed E-state index contributed by atoms with van der Waals surface area (Å²) in [5.41, 5.74) is 0.638. The zero-order chi connectivity index (χ0) is 20.2. The van der Waals surface area contributed by atoms with E-state index < -0.39 is 46.8 Å². The molecule has 13 heteroatoms. The average Bonchev–Trinajstić information content (AvgIpc) is 2.80. The zero-order valence-corrected chi connectivity index (χ0v) is 15.8. The Balaban J connectivity index is 1.95. The minimum absolute atomic E-state index is 0.00751. The van der Waals surface area contributed by atoms with E-state index in [-0.39, 0.29) is 26.2 Å². The van der Waals surface area contributed by atoms with E-state index in [1.54, 1.807) is 19.9 Å². The van der Waals surface area contributed by atoms with Crippen molar-refractivity contribution >= 4 is 28.1 Å². The number of ether oxygens (including phenoxy) is 1. The number of hydrogen-bond donors (Lipinski definition) is 3. The van der Waals surface area contributed by atoms with Crippen LogP contribution in [0.3, 0.4) is 0 Å². The van der Waals surface area contributed by atoms with Gasteiger partial charge in [-0.15, -0.1) is 0 Å². The molecule has 0 unspecified atom stereocenters. The number of fused-ring (bicyclic) bond motifs is 2. The highest BCUT2D eigenvalue weighted by Crippen LogP contribution is 2.29. The highest BCUT2D eigenvalue weighted by molar-refractivity contribution is 7.87. The van der Waals surface area contributed by atoms with Crippen LogP contribution in [0, 0.1) is 0 Å². The van der Waals surface area contributed by atoms with Crippen LogP contribution < -0.4 is 15.2 Å². The normalized spacial score (nSPS) is 21.9. The summed E-state index contributed by atoms with van der Waals surface area (Å²) in [5, 5.41) is 8.41. The van der Waals surface area contributed by atoms with Crippen LogP contribution in [0.4, 0.5) is 4.79 Å². The van der Waals surface area contributed by atoms with E-state index in [9.17, 15) is 22.8 Å². The van der Waals surface area contributed by atoms with Gasteiger partial charge >= 0.3 is 12.0 Å². The lowest BCUT2D eigenvalue weighted by molar-refractivity contribution is -0.169. The number of carbonyl (C=O) groups is 3. The molecule has 2 aliphatic heterocycles. The van der Waals surface area contributed by atoms with Gasteiger partial charge in [0.1, 0.15) is 6.04 Å². The number of nitrogens with two attached hydrogens (primary N) is 1. The van der Waals surface area contributed by atoms with Gasteiger partial charge in [-0.25, -0.2) is 19.5 Å². The number of rotatable bonds is 9. The third-order valence-electron chi connectivity index (χ3n) is 3.92. The quantitative estimate of drug-likeness (QED) is 0.223. The molecular formula is C14H23N5O7S. The van der Waals surface area contributed by atoms with Gasteiger partial charge in [-0.1, -0.05) is 6.08 Å². The van der Waals surface area contributed by atoms with Gasteiger partial charge in [-0.3, -0.25) is 9.63 Å². The fraction of sp³-hybridized carbons (Fsp3) is 0.643. The molecule has 2 aliphatic rings. The van der Waals surface area contributed by atoms with E-state index in [1.807, 2.05) is 4.72 Å². The molecule has 0 aliphatic carbocycles. The molecule has 2 heterocycles. The summed E-state index contributed by atoms with van der Waals surface area (Å²) in [5.74, 6) is -1.06. The van der Waals surface area contributed by atoms with Gasteiger partial charge in [0.25, 0.3) is 10.2 Å². The van der Waals surface area contributed by atoms with E-state index in [1.165, 1.54) is 4.90 Å². The van der Waals surface area contributed by atoms with Gasteiger partial charge in [-0.05, 0) is 19.4 Å². The smallest absolute Gasteiger partial charge is 0.345 e. The minimum atomic E-state index is -3.84. The Morgan fingerprint density at radius 1 is 1.37 bits per heavy atom. The Bertz CT molecular complexity index is 738. The molecule has 0 aromatic heterocycles. The Morgan fingerprint density at radius 2 is 2.07 bits per heavy atom. The number of esters is 1. The molecule has 0 aromatic rings. The number of nitrogens with one attached hydrogen (secondary N) is 2. The summed E-state index contributed by atoms with van der Waals surface area (Å²) in [7, 11) is -3.84. The molecule has 1 fully saturated rings. The first-order chi connectivity index (χ1) is 12.6. The maximum atomic E-state index is 12.5. The van der Waals surface area contributed by atoms with Gasteiger partial charge in [0.2, 0.25) is 5.91 Å². The van der Waals surface area contributed by atoms with Crippen molar-refractivity contribution in [3.05, 3.63) is 11.6 Å². The first-order valence-corrected chi connectivity index (χ1v) is 9.80. The Hall–Kier alpha value is -2.22. The molecule has 4 N–H and O–H groups in total. The average molecular weight is 405 g/mol. The third kappa shape index (κ3) is 5.38. The van der Waals surface area contributed by atoms with Crippen LogP contribution in [0.2, 0.25) is 0 Å². The maximum Gasteiger partial charge on any atom is 0.345 e. The molecular weight excluding hydrogens is 382 g/mol. The van der Waals surface area contributed by atoms with Gasteiger partial charge < -0.3 is 15.0 Å². The van der Waals surface area contributed by atoms with Crippen LogP contribution >= 0.6 is 0 Å². The Labute approximate surface area is 156 Å². The van der Waals surface area contributed by atoms with Crippen molar-refractivity contribution in [1.82, 2.24) is 20.0 Å². The van der Waals surface area contributed by atoms with Gasteiger partial charge in [0, 0.05) is 13.1 Å². The van der Waals surface area contributed by atoms with Crippen molar-refractivity contribution in [3.63, 3.8) is 0 Å². The Morgan fingerprint density at radius 3 is 2.70 bits per heavy atom. The lowest BCUT2D eigenvalue weighted by Crippen LogP contribution is -2.51. The van der Waals surface area contributed by atoms with Gasteiger partial charge in [0.05, 0.1) is 19.2 Å². The molecule has 2 rings (SSSR count). The number of urea groups is 1. The number of hydrogen-bond acceptors (Lipinski definition) is 7. The predicted molar refractivity (Wildman–Crippen MR) is 92.0 cm³/mol. The van der Waals surface area contributed by atoms with Crippen LogP contribution in [0.5, 0.6) is 0 Å². The van der Waals surface area contributed by atoms with E-state index in [0.29, 0.717) is 5.57 Å². The highest BCUT2D eigenvalue weighted by Gasteiger charge is 2.47. The second kappa shape index (κ2) is 8.65. The summed E-state index contributed by atoms with van der Waals surface area (Å²) in [6.07, 6.45) is 1.72. The molecule has 1 saturated heterocycles. The second-order valence-corrected chi connectivity index (χ2v) is 7.33. The summed E-state index contributed by atoms with van der Waals surface area (Å²) >= 11 is 0. The van der Waals surface area contributed by atoms with Crippen molar-refractivity contribution in [2.24, 2.45) is 5.14 Å². The molecule has 152 valence electrons. The monoisotopic (exact) mass is 405 g/mol. The van der Waals surface area contributed by atoms with Crippen molar-refractivity contribution in [2.75, 3.05) is 32.8 Å². The van der Waals surface area contributed by atoms with Crippen LogP contribution in [0.15, 0.2) is 11.6 Å². The van der Waals surface area contributed by atoms with Gasteiger partial charge in [0.15, 0.2) is 6.61 Å². The Kier molecular flexibility index (Phi) is 6.75. The zero-order valence-electron chi connectivity index (χ0n) is 15.0. The molecule has 27 heavy (non-hydrogen) atoms. The number of nitrogens with zero attached hydrogens (tertiary/aromatic N) is 2. The molecule has 12 nitrogen and oxygen atoms in total. The molecule has 3 amide bonds. The lowest BCUT2D eigenvalue weighted by atomic mass is 10.00. The standard InChI is InChI=1S/C14H23N5O7S/c1-3-25-11(20)8-26-19-10-6-9(2)12(18(7-10)14(19)22)13(21)16-4-5-17-27(15,23)24/h6,10,12,17H,3-5,7-8H2,1-2H3,(H,16,21)(H2,15,23,24)/t10-,12-/m0/s1. The molecule has 0 spiro atoms. The number of amides is 3. The van der Waals surface area contributed by atoms with E-state index in [0.717, 1.165) is 5.06 Å².